The van der Waals surface area contributed by atoms with E-state index in [9.17, 15) is 14.4 Å². The fourth-order valence-corrected chi connectivity index (χ4v) is 4.33. The van der Waals surface area contributed by atoms with Crippen molar-refractivity contribution in [2.45, 2.75) is 25.5 Å². The summed E-state index contributed by atoms with van der Waals surface area (Å²) in [5.74, 6) is -0.624. The Kier molecular flexibility index (Phi) is 4.31. The van der Waals surface area contributed by atoms with Crippen LogP contribution in [0.2, 0.25) is 0 Å². The molecule has 30 heavy (non-hydrogen) atoms. The number of hydrogen-bond donors (Lipinski definition) is 0. The third-order valence-electron chi connectivity index (χ3n) is 5.74. The third-order valence-corrected chi connectivity index (χ3v) is 5.74. The van der Waals surface area contributed by atoms with Crippen molar-refractivity contribution in [1.29, 1.82) is 0 Å². The van der Waals surface area contributed by atoms with Crippen LogP contribution < -0.4 is 15.1 Å². The van der Waals surface area contributed by atoms with Crippen LogP contribution in [0.15, 0.2) is 53.5 Å². The molecule has 152 valence electrons. The monoisotopic (exact) mass is 404 g/mol. The van der Waals surface area contributed by atoms with Crippen LogP contribution in [0.5, 0.6) is 5.75 Å². The van der Waals surface area contributed by atoms with Gasteiger partial charge in [0.15, 0.2) is 0 Å². The molecule has 0 bridgehead atoms. The van der Waals surface area contributed by atoms with Crippen LogP contribution in [0, 0.1) is 0 Å². The van der Waals surface area contributed by atoms with Crippen LogP contribution in [0.3, 0.4) is 0 Å². The lowest BCUT2D eigenvalue weighted by Crippen LogP contribution is -2.48. The lowest BCUT2D eigenvalue weighted by molar-refractivity contribution is -0.148. The van der Waals surface area contributed by atoms with E-state index in [-0.39, 0.29) is 17.5 Å². The molecule has 0 radical (unpaired) electrons. The summed E-state index contributed by atoms with van der Waals surface area (Å²) in [5, 5.41) is 0.545. The zero-order chi connectivity index (χ0) is 20.8. The van der Waals surface area contributed by atoms with Gasteiger partial charge in [-0.15, -0.1) is 0 Å². The zero-order valence-electron chi connectivity index (χ0n) is 16.5. The molecule has 7 heteroatoms. The molecule has 0 saturated carbocycles. The van der Waals surface area contributed by atoms with Crippen LogP contribution in [0.4, 0.5) is 5.69 Å². The summed E-state index contributed by atoms with van der Waals surface area (Å²) in [4.78, 5) is 40.4. The maximum atomic E-state index is 13.6. The quantitative estimate of drug-likeness (QED) is 0.614. The largest absolute Gasteiger partial charge is 0.475 e. The molecule has 0 N–H and O–H groups in total. The number of anilines is 1. The molecular formula is C23H20N2O5. The number of rotatable bonds is 2. The summed E-state index contributed by atoms with van der Waals surface area (Å²) in [6, 6.07) is 12.6. The second kappa shape index (κ2) is 7.02. The van der Waals surface area contributed by atoms with Gasteiger partial charge in [0.2, 0.25) is 11.5 Å². The maximum Gasteiger partial charge on any atom is 0.348 e. The van der Waals surface area contributed by atoms with E-state index in [1.165, 1.54) is 12.0 Å². The number of para-hydroxylation sites is 3. The van der Waals surface area contributed by atoms with Crippen molar-refractivity contribution in [1.82, 2.24) is 4.57 Å². The number of aromatic nitrogens is 1. The van der Waals surface area contributed by atoms with Crippen LogP contribution >= 0.6 is 0 Å². The summed E-state index contributed by atoms with van der Waals surface area (Å²) >= 11 is 0. The van der Waals surface area contributed by atoms with Gasteiger partial charge in [0.25, 0.3) is 5.91 Å². The Morgan fingerprint density at radius 2 is 1.97 bits per heavy atom. The Morgan fingerprint density at radius 1 is 1.13 bits per heavy atom. The Labute approximate surface area is 172 Å². The fourth-order valence-electron chi connectivity index (χ4n) is 4.33. The van der Waals surface area contributed by atoms with Crippen molar-refractivity contribution < 1.29 is 19.1 Å². The number of carbonyl (C=O) groups excluding carboxylic acids is 2. The molecule has 2 aromatic carbocycles. The van der Waals surface area contributed by atoms with E-state index in [1.54, 1.807) is 36.5 Å². The number of carbonyl (C=O) groups is 2. The highest BCUT2D eigenvalue weighted by Crippen LogP contribution is 2.34. The van der Waals surface area contributed by atoms with Gasteiger partial charge in [-0.25, -0.2) is 4.79 Å². The lowest BCUT2D eigenvalue weighted by atomic mass is 9.99. The highest BCUT2D eigenvalue weighted by atomic mass is 16.6. The van der Waals surface area contributed by atoms with Gasteiger partial charge in [0.05, 0.1) is 24.9 Å². The number of pyridine rings is 1. The number of esters is 1. The molecule has 5 rings (SSSR count). The molecule has 2 aliphatic rings. The highest BCUT2D eigenvalue weighted by Gasteiger charge is 2.36. The zero-order valence-corrected chi connectivity index (χ0v) is 16.5. The molecule has 1 aromatic heterocycles. The molecule has 7 nitrogen and oxygen atoms in total. The van der Waals surface area contributed by atoms with Gasteiger partial charge in [-0.2, -0.15) is 0 Å². The predicted octanol–water partition coefficient (Wildman–Crippen LogP) is 2.53. The molecule has 0 saturated heterocycles. The maximum absolute atomic E-state index is 13.6. The molecule has 1 amide bonds. The Balaban J connectivity index is 1.64. The topological polar surface area (TPSA) is 77.8 Å². The van der Waals surface area contributed by atoms with E-state index in [4.69, 9.17) is 9.47 Å². The summed E-state index contributed by atoms with van der Waals surface area (Å²) in [6.45, 7) is 0.721. The standard InChI is InChI=1S/C23H20N2O5/c1-29-23(28)19-13-25(17-9-2-3-10-18(17)30-19)22(27)16-12-24-11-5-7-14-6-4-8-15(20(14)24)21(16)26/h2-4,6,8-10,12,19H,5,7,11,13H2,1H3. The number of amides is 1. The van der Waals surface area contributed by atoms with E-state index in [0.717, 1.165) is 30.5 Å². The van der Waals surface area contributed by atoms with Crippen LogP contribution in [-0.4, -0.2) is 36.2 Å². The lowest BCUT2D eigenvalue weighted by Gasteiger charge is -2.33. The van der Waals surface area contributed by atoms with Crippen LogP contribution in [0.25, 0.3) is 10.9 Å². The van der Waals surface area contributed by atoms with Gasteiger partial charge in [-0.05, 0) is 36.6 Å². The van der Waals surface area contributed by atoms with Crippen molar-refractivity contribution >= 4 is 28.5 Å². The first-order valence-corrected chi connectivity index (χ1v) is 9.89. The second-order valence-electron chi connectivity index (χ2n) is 7.50. The Morgan fingerprint density at radius 3 is 2.80 bits per heavy atom. The minimum atomic E-state index is -0.956. The van der Waals surface area contributed by atoms with Crippen molar-refractivity contribution in [3.63, 3.8) is 0 Å². The van der Waals surface area contributed by atoms with Crippen molar-refractivity contribution in [3.8, 4) is 5.75 Å². The van der Waals surface area contributed by atoms with Gasteiger partial charge in [0, 0.05) is 18.1 Å². The predicted molar refractivity (Wildman–Crippen MR) is 111 cm³/mol. The molecule has 0 aliphatic carbocycles. The molecule has 0 spiro atoms. The number of methoxy groups -OCH3 is 1. The average Bonchev–Trinajstić information content (AvgIpc) is 2.79. The van der Waals surface area contributed by atoms with E-state index in [2.05, 4.69) is 0 Å². The minimum absolute atomic E-state index is 0.0277. The molecule has 2 aliphatic heterocycles. The van der Waals surface area contributed by atoms with Gasteiger partial charge in [-0.3, -0.25) is 9.59 Å². The minimum Gasteiger partial charge on any atom is -0.475 e. The summed E-state index contributed by atoms with van der Waals surface area (Å²) < 4.78 is 12.5. The number of hydrogen-bond acceptors (Lipinski definition) is 5. The number of ether oxygens (including phenoxy) is 2. The summed E-state index contributed by atoms with van der Waals surface area (Å²) in [5.41, 5.74) is 2.34. The Bertz CT molecular complexity index is 1250. The fraction of sp³-hybridized carbons (Fsp3) is 0.261. The number of fused-ring (bicyclic) bond motifs is 1. The molecule has 3 heterocycles. The third kappa shape index (κ3) is 2.77. The van der Waals surface area contributed by atoms with E-state index in [0.29, 0.717) is 16.8 Å². The summed E-state index contributed by atoms with van der Waals surface area (Å²) in [6.07, 6.45) is 2.57. The van der Waals surface area contributed by atoms with Gasteiger partial charge >= 0.3 is 5.97 Å². The van der Waals surface area contributed by atoms with E-state index >= 15 is 0 Å². The first-order valence-electron chi connectivity index (χ1n) is 9.89. The van der Waals surface area contributed by atoms with E-state index in [1.807, 2.05) is 16.7 Å². The Hall–Kier alpha value is -3.61. The van der Waals surface area contributed by atoms with Crippen molar-refractivity contribution in [2.75, 3.05) is 18.6 Å². The van der Waals surface area contributed by atoms with Crippen LogP contribution in [0.1, 0.15) is 22.3 Å². The normalized spacial score (nSPS) is 17.2. The van der Waals surface area contributed by atoms with Crippen molar-refractivity contribution in [2.24, 2.45) is 0 Å². The number of aryl methyl sites for hydroxylation is 2. The van der Waals surface area contributed by atoms with Crippen molar-refractivity contribution in [3.05, 3.63) is 70.0 Å². The van der Waals surface area contributed by atoms with Gasteiger partial charge in [0.1, 0.15) is 11.3 Å². The first-order chi connectivity index (χ1) is 14.6. The molecule has 1 unspecified atom stereocenters. The van der Waals surface area contributed by atoms with Gasteiger partial charge < -0.3 is 18.9 Å². The molecule has 0 fully saturated rings. The molecular weight excluding hydrogens is 384 g/mol. The van der Waals surface area contributed by atoms with Gasteiger partial charge in [-0.1, -0.05) is 24.3 Å². The average molecular weight is 404 g/mol. The highest BCUT2D eigenvalue weighted by molar-refractivity contribution is 6.09. The first kappa shape index (κ1) is 18.4. The second-order valence-corrected chi connectivity index (χ2v) is 7.50. The smallest absolute Gasteiger partial charge is 0.348 e. The van der Waals surface area contributed by atoms with E-state index < -0.39 is 18.0 Å². The molecule has 3 aromatic rings. The SMILES string of the molecule is COC(=O)C1CN(C(=O)c2cn3c4c(cccc4c2=O)CCC3)c2ccccc2O1. The number of nitrogens with zero attached hydrogens (tertiary/aromatic N) is 2. The van der Waals surface area contributed by atoms with Crippen LogP contribution in [-0.2, 0) is 22.5 Å². The molecule has 1 atom stereocenters. The number of benzene rings is 2. The summed E-state index contributed by atoms with van der Waals surface area (Å²) in [7, 11) is 1.27.